The summed E-state index contributed by atoms with van der Waals surface area (Å²) >= 11 is 5.94. The zero-order valence-corrected chi connectivity index (χ0v) is 17.3. The van der Waals surface area contributed by atoms with Gasteiger partial charge >= 0.3 is 0 Å². The highest BCUT2D eigenvalue weighted by atomic mass is 35.5. The molecule has 0 spiro atoms. The molecule has 0 radical (unpaired) electrons. The van der Waals surface area contributed by atoms with Gasteiger partial charge in [0.2, 0.25) is 0 Å². The van der Waals surface area contributed by atoms with Crippen LogP contribution in [-0.2, 0) is 6.54 Å². The monoisotopic (exact) mass is 408 g/mol. The van der Waals surface area contributed by atoms with E-state index < -0.39 is 0 Å². The Morgan fingerprint density at radius 1 is 0.793 bits per heavy atom. The van der Waals surface area contributed by atoms with E-state index in [1.165, 1.54) is 11.3 Å². The molecule has 29 heavy (non-hydrogen) atoms. The van der Waals surface area contributed by atoms with Gasteiger partial charge in [-0.05, 0) is 66.2 Å². The number of hydrogen-bond donors (Lipinski definition) is 0. The van der Waals surface area contributed by atoms with Gasteiger partial charge in [-0.25, -0.2) is 0 Å². The number of benzene rings is 3. The lowest BCUT2D eigenvalue weighted by Crippen LogP contribution is -2.45. The molecule has 0 N–H and O–H groups in total. The van der Waals surface area contributed by atoms with Crippen molar-refractivity contribution in [2.24, 2.45) is 0 Å². The molecule has 150 valence electrons. The number of methoxy groups -OCH3 is 1. The predicted molar refractivity (Wildman–Crippen MR) is 118 cm³/mol. The van der Waals surface area contributed by atoms with Crippen molar-refractivity contribution in [1.29, 1.82) is 0 Å². The van der Waals surface area contributed by atoms with Crippen LogP contribution < -0.4 is 14.4 Å². The largest absolute Gasteiger partial charge is 0.497 e. The molecule has 1 heterocycles. The third kappa shape index (κ3) is 5.22. The molecule has 1 aliphatic rings. The SMILES string of the molecule is COc1ccc(N2CCN(Cc3cccc(Oc4ccc(Cl)cc4)c3)CC2)cc1. The molecule has 4 rings (SSSR count). The first kappa shape index (κ1) is 19.6. The Bertz CT molecular complexity index is 920. The second kappa shape index (κ2) is 9.21. The first-order valence-electron chi connectivity index (χ1n) is 9.83. The summed E-state index contributed by atoms with van der Waals surface area (Å²) in [4.78, 5) is 4.91. The molecule has 3 aromatic carbocycles. The lowest BCUT2D eigenvalue weighted by molar-refractivity contribution is 0.249. The van der Waals surface area contributed by atoms with E-state index in [0.717, 1.165) is 50.0 Å². The van der Waals surface area contributed by atoms with Crippen molar-refractivity contribution in [2.75, 3.05) is 38.2 Å². The molecule has 1 fully saturated rings. The van der Waals surface area contributed by atoms with Crippen LogP contribution >= 0.6 is 11.6 Å². The maximum Gasteiger partial charge on any atom is 0.127 e. The average Bonchev–Trinajstić information content (AvgIpc) is 2.76. The summed E-state index contributed by atoms with van der Waals surface area (Å²) in [6.07, 6.45) is 0. The third-order valence-corrected chi connectivity index (χ3v) is 5.42. The summed E-state index contributed by atoms with van der Waals surface area (Å²) in [7, 11) is 1.70. The molecule has 1 aliphatic heterocycles. The highest BCUT2D eigenvalue weighted by Crippen LogP contribution is 2.25. The number of anilines is 1. The Morgan fingerprint density at radius 3 is 2.17 bits per heavy atom. The van der Waals surface area contributed by atoms with Gasteiger partial charge in [-0.1, -0.05) is 23.7 Å². The number of piperazine rings is 1. The van der Waals surface area contributed by atoms with Gasteiger partial charge in [0, 0.05) is 43.4 Å². The minimum Gasteiger partial charge on any atom is -0.497 e. The molecule has 0 amide bonds. The smallest absolute Gasteiger partial charge is 0.127 e. The van der Waals surface area contributed by atoms with Crippen molar-refractivity contribution in [1.82, 2.24) is 4.90 Å². The van der Waals surface area contributed by atoms with E-state index in [4.69, 9.17) is 21.1 Å². The van der Waals surface area contributed by atoms with Crippen molar-refractivity contribution < 1.29 is 9.47 Å². The van der Waals surface area contributed by atoms with Crippen LogP contribution in [0.1, 0.15) is 5.56 Å². The lowest BCUT2D eigenvalue weighted by Gasteiger charge is -2.36. The van der Waals surface area contributed by atoms with Crippen molar-refractivity contribution in [3.05, 3.63) is 83.4 Å². The van der Waals surface area contributed by atoms with E-state index in [2.05, 4.69) is 34.1 Å². The number of nitrogens with zero attached hydrogens (tertiary/aromatic N) is 2. The first-order chi connectivity index (χ1) is 14.2. The van der Waals surface area contributed by atoms with Gasteiger partial charge in [-0.3, -0.25) is 4.90 Å². The molecule has 0 atom stereocenters. The fraction of sp³-hybridized carbons (Fsp3) is 0.250. The summed E-state index contributed by atoms with van der Waals surface area (Å²) in [6, 6.07) is 24.1. The fourth-order valence-corrected chi connectivity index (χ4v) is 3.69. The Labute approximate surface area is 177 Å². The summed E-state index contributed by atoms with van der Waals surface area (Å²) in [5, 5.41) is 0.708. The third-order valence-electron chi connectivity index (χ3n) is 5.16. The molecule has 3 aromatic rings. The van der Waals surface area contributed by atoms with Crippen LogP contribution in [0, 0.1) is 0 Å². The van der Waals surface area contributed by atoms with E-state index in [1.807, 2.05) is 48.5 Å². The summed E-state index contributed by atoms with van der Waals surface area (Å²) < 4.78 is 11.2. The normalized spacial score (nSPS) is 14.6. The Morgan fingerprint density at radius 2 is 1.48 bits per heavy atom. The van der Waals surface area contributed by atoms with Crippen LogP contribution in [0.3, 0.4) is 0 Å². The van der Waals surface area contributed by atoms with Gasteiger partial charge in [-0.15, -0.1) is 0 Å². The molecule has 0 bridgehead atoms. The number of rotatable bonds is 6. The second-order valence-corrected chi connectivity index (χ2v) is 7.60. The lowest BCUT2D eigenvalue weighted by atomic mass is 10.1. The Hall–Kier alpha value is -2.69. The minimum absolute atomic E-state index is 0.708. The van der Waals surface area contributed by atoms with Crippen molar-refractivity contribution in [2.45, 2.75) is 6.54 Å². The van der Waals surface area contributed by atoms with Gasteiger partial charge in [0.1, 0.15) is 17.2 Å². The zero-order valence-electron chi connectivity index (χ0n) is 16.6. The molecule has 0 saturated carbocycles. The average molecular weight is 409 g/mol. The highest BCUT2D eigenvalue weighted by molar-refractivity contribution is 6.30. The standard InChI is InChI=1S/C24H25ClN2O2/c1-28-22-11-7-21(8-12-22)27-15-13-26(14-16-27)18-19-3-2-4-24(17-19)29-23-9-5-20(25)6-10-23/h2-12,17H,13-16,18H2,1H3. The molecule has 4 nitrogen and oxygen atoms in total. The number of hydrogen-bond acceptors (Lipinski definition) is 4. The van der Waals surface area contributed by atoms with E-state index >= 15 is 0 Å². The molecule has 0 aliphatic carbocycles. The molecule has 1 saturated heterocycles. The van der Waals surface area contributed by atoms with Gasteiger partial charge < -0.3 is 14.4 Å². The molecular formula is C24H25ClN2O2. The van der Waals surface area contributed by atoms with Crippen LogP contribution in [0.25, 0.3) is 0 Å². The van der Waals surface area contributed by atoms with Crippen LogP contribution in [0.15, 0.2) is 72.8 Å². The van der Waals surface area contributed by atoms with Gasteiger partial charge in [0.05, 0.1) is 7.11 Å². The van der Waals surface area contributed by atoms with Crippen LogP contribution in [-0.4, -0.2) is 38.2 Å². The number of ether oxygens (including phenoxy) is 2. The van der Waals surface area contributed by atoms with Gasteiger partial charge in [0.25, 0.3) is 0 Å². The van der Waals surface area contributed by atoms with Gasteiger partial charge in [-0.2, -0.15) is 0 Å². The predicted octanol–water partition coefficient (Wildman–Crippen LogP) is 5.46. The summed E-state index contributed by atoms with van der Waals surface area (Å²) in [6.45, 7) is 5.04. The Kier molecular flexibility index (Phi) is 6.23. The molecule has 0 aromatic heterocycles. The van der Waals surface area contributed by atoms with E-state index in [1.54, 1.807) is 7.11 Å². The zero-order chi connectivity index (χ0) is 20.1. The highest BCUT2D eigenvalue weighted by Gasteiger charge is 2.17. The summed E-state index contributed by atoms with van der Waals surface area (Å²) in [5.41, 5.74) is 2.51. The quantitative estimate of drug-likeness (QED) is 0.540. The first-order valence-corrected chi connectivity index (χ1v) is 10.2. The topological polar surface area (TPSA) is 24.9 Å². The maximum atomic E-state index is 5.96. The maximum absolute atomic E-state index is 5.96. The van der Waals surface area contributed by atoms with Crippen molar-refractivity contribution in [3.63, 3.8) is 0 Å². The fourth-order valence-electron chi connectivity index (χ4n) is 3.56. The number of halogens is 1. The van der Waals surface area contributed by atoms with Gasteiger partial charge in [0.15, 0.2) is 0 Å². The molecule has 5 heteroatoms. The van der Waals surface area contributed by atoms with Crippen LogP contribution in [0.5, 0.6) is 17.2 Å². The van der Waals surface area contributed by atoms with Crippen LogP contribution in [0.2, 0.25) is 5.02 Å². The molecule has 0 unspecified atom stereocenters. The minimum atomic E-state index is 0.708. The van der Waals surface area contributed by atoms with Crippen molar-refractivity contribution >= 4 is 17.3 Å². The van der Waals surface area contributed by atoms with E-state index in [-0.39, 0.29) is 0 Å². The van der Waals surface area contributed by atoms with Crippen LogP contribution in [0.4, 0.5) is 5.69 Å². The molecular weight excluding hydrogens is 384 g/mol. The van der Waals surface area contributed by atoms with Crippen molar-refractivity contribution in [3.8, 4) is 17.2 Å². The Balaban J connectivity index is 1.32. The summed E-state index contributed by atoms with van der Waals surface area (Å²) in [5.74, 6) is 2.54. The van der Waals surface area contributed by atoms with E-state index in [9.17, 15) is 0 Å². The van der Waals surface area contributed by atoms with E-state index in [0.29, 0.717) is 5.02 Å². The second-order valence-electron chi connectivity index (χ2n) is 7.16.